The maximum atomic E-state index is 4.94. The van der Waals surface area contributed by atoms with Gasteiger partial charge < -0.3 is 0 Å². The molecule has 0 aromatic heterocycles. The third kappa shape index (κ3) is 6.45. The van der Waals surface area contributed by atoms with Gasteiger partial charge >= 0.3 is 50.5 Å². The molecule has 0 aliphatic heterocycles. The van der Waals surface area contributed by atoms with Gasteiger partial charge in [0.15, 0.2) is 0 Å². The van der Waals surface area contributed by atoms with E-state index in [2.05, 4.69) is 0 Å². The van der Waals surface area contributed by atoms with Crippen LogP contribution in [0.3, 0.4) is 0 Å². The Balaban J connectivity index is 2.45. The van der Waals surface area contributed by atoms with Gasteiger partial charge in [0.1, 0.15) is 0 Å². The van der Waals surface area contributed by atoms with Gasteiger partial charge in [0.25, 0.3) is 0 Å². The Morgan fingerprint density at radius 1 is 1.14 bits per heavy atom. The molecule has 0 saturated heterocycles. The average molecular weight is 117 g/mol. The molecule has 0 spiro atoms. The summed E-state index contributed by atoms with van der Waals surface area (Å²) in [5.74, 6) is 0. The van der Waals surface area contributed by atoms with Gasteiger partial charge in [0.2, 0.25) is 0 Å². The van der Waals surface area contributed by atoms with Crippen molar-refractivity contribution in [1.29, 1.82) is 0 Å². The predicted molar refractivity (Wildman–Crippen MR) is 29.0 cm³/mol. The second-order valence-electron chi connectivity index (χ2n) is 1.01. The van der Waals surface area contributed by atoms with Gasteiger partial charge in [-0.05, 0) is 0 Å². The van der Waals surface area contributed by atoms with Crippen molar-refractivity contribution in [3.8, 4) is 0 Å². The summed E-state index contributed by atoms with van der Waals surface area (Å²) in [5.41, 5.74) is 0. The summed E-state index contributed by atoms with van der Waals surface area (Å²) in [5, 5.41) is 0. The first-order valence-electron chi connectivity index (χ1n) is 2.46. The molecular formula is C4H10AlO2+. The molecule has 0 atom stereocenters. The van der Waals surface area contributed by atoms with Crippen LogP contribution < -0.4 is 0 Å². The molecular weight excluding hydrogens is 107 g/mol. The first kappa shape index (κ1) is 7.45. The van der Waals surface area contributed by atoms with Crippen LogP contribution in [-0.4, -0.2) is 29.1 Å². The maximum absolute atomic E-state index is 4.94. The monoisotopic (exact) mass is 117 g/mol. The molecule has 0 heterocycles. The summed E-state index contributed by atoms with van der Waals surface area (Å²) >= 11 is -0.178. The van der Waals surface area contributed by atoms with E-state index in [-0.39, 0.29) is 15.9 Å². The summed E-state index contributed by atoms with van der Waals surface area (Å²) in [6, 6.07) is 0. The summed E-state index contributed by atoms with van der Waals surface area (Å²) in [4.78, 5) is 0. The van der Waals surface area contributed by atoms with Gasteiger partial charge in [-0.25, -0.2) is 0 Å². The molecule has 0 radical (unpaired) electrons. The van der Waals surface area contributed by atoms with E-state index in [1.54, 1.807) is 0 Å². The molecule has 0 aliphatic carbocycles. The predicted octanol–water partition coefficient (Wildman–Crippen LogP) is 0.594. The molecule has 0 rings (SSSR count). The van der Waals surface area contributed by atoms with Crippen molar-refractivity contribution >= 4 is 15.9 Å². The van der Waals surface area contributed by atoms with Gasteiger partial charge in [0.05, 0.1) is 0 Å². The Bertz CT molecular complexity index is 28.9. The van der Waals surface area contributed by atoms with Gasteiger partial charge in [-0.2, -0.15) is 0 Å². The van der Waals surface area contributed by atoms with Crippen LogP contribution in [0.25, 0.3) is 0 Å². The van der Waals surface area contributed by atoms with Crippen molar-refractivity contribution in [3.05, 3.63) is 0 Å². The zero-order valence-electron chi connectivity index (χ0n) is 4.81. The SMILES string of the molecule is CC[O][Al+][O]CC. The molecule has 0 fully saturated rings. The Hall–Kier alpha value is 0.452. The minimum atomic E-state index is -0.178. The molecule has 0 unspecified atom stereocenters. The molecule has 0 aliphatic rings. The second-order valence-corrected chi connectivity index (χ2v) is 1.87. The van der Waals surface area contributed by atoms with Crippen molar-refractivity contribution < 1.29 is 7.58 Å². The Morgan fingerprint density at radius 2 is 1.57 bits per heavy atom. The fourth-order valence-corrected chi connectivity index (χ4v) is 0.553. The topological polar surface area (TPSA) is 18.5 Å². The second kappa shape index (κ2) is 6.45. The normalized spacial score (nSPS) is 8.29. The van der Waals surface area contributed by atoms with Crippen molar-refractivity contribution in [1.82, 2.24) is 0 Å². The quantitative estimate of drug-likeness (QED) is 0.396. The standard InChI is InChI=1S/2C2H5O.Al/c2*1-2-3;/h2*2H2,1H3;/q2*-1;+3. The van der Waals surface area contributed by atoms with E-state index in [9.17, 15) is 0 Å². The molecule has 3 heteroatoms. The molecule has 0 bridgehead atoms. The Labute approximate surface area is 51.2 Å². The van der Waals surface area contributed by atoms with Crippen LogP contribution in [0, 0.1) is 0 Å². The number of rotatable bonds is 4. The van der Waals surface area contributed by atoms with Crippen molar-refractivity contribution in [3.63, 3.8) is 0 Å². The molecule has 0 amide bonds. The van der Waals surface area contributed by atoms with Crippen LogP contribution in [0.4, 0.5) is 0 Å². The summed E-state index contributed by atoms with van der Waals surface area (Å²) in [7, 11) is 0. The van der Waals surface area contributed by atoms with Crippen LogP contribution in [0.2, 0.25) is 0 Å². The van der Waals surface area contributed by atoms with E-state index < -0.39 is 0 Å². The van der Waals surface area contributed by atoms with Gasteiger partial charge in [-0.3, -0.25) is 0 Å². The summed E-state index contributed by atoms with van der Waals surface area (Å²) in [6.45, 7) is 5.47. The molecule has 0 aromatic rings. The molecule has 40 valence electrons. The zero-order valence-corrected chi connectivity index (χ0v) is 5.96. The van der Waals surface area contributed by atoms with Crippen LogP contribution in [0.1, 0.15) is 13.8 Å². The number of hydrogen-bond acceptors (Lipinski definition) is 2. The van der Waals surface area contributed by atoms with Gasteiger partial charge in [-0.1, -0.05) is 0 Å². The minimum absolute atomic E-state index is 0.178. The van der Waals surface area contributed by atoms with Crippen molar-refractivity contribution in [2.75, 3.05) is 13.2 Å². The third-order valence-electron chi connectivity index (χ3n) is 0.469. The zero-order chi connectivity index (χ0) is 5.54. The third-order valence-corrected chi connectivity index (χ3v) is 1.41. The van der Waals surface area contributed by atoms with Crippen LogP contribution in [0.15, 0.2) is 0 Å². The van der Waals surface area contributed by atoms with Crippen LogP contribution in [0.5, 0.6) is 0 Å². The summed E-state index contributed by atoms with van der Waals surface area (Å²) in [6.07, 6.45) is 0. The summed E-state index contributed by atoms with van der Waals surface area (Å²) < 4.78 is 9.87. The molecule has 7 heavy (non-hydrogen) atoms. The molecule has 0 aromatic carbocycles. The van der Waals surface area contributed by atoms with Gasteiger partial charge in [0, 0.05) is 0 Å². The first-order chi connectivity index (χ1) is 3.41. The van der Waals surface area contributed by atoms with E-state index in [1.165, 1.54) is 0 Å². The molecule has 0 saturated carbocycles. The van der Waals surface area contributed by atoms with E-state index in [0.717, 1.165) is 13.2 Å². The van der Waals surface area contributed by atoms with Crippen molar-refractivity contribution in [2.45, 2.75) is 13.8 Å². The fraction of sp³-hybridized carbons (Fsp3) is 1.00. The van der Waals surface area contributed by atoms with E-state index in [1.807, 2.05) is 13.8 Å². The Morgan fingerprint density at radius 3 is 1.86 bits per heavy atom. The van der Waals surface area contributed by atoms with Crippen molar-refractivity contribution in [2.24, 2.45) is 0 Å². The molecule has 0 N–H and O–H groups in total. The number of hydrogen-bond donors (Lipinski definition) is 0. The van der Waals surface area contributed by atoms with E-state index in [4.69, 9.17) is 7.58 Å². The average Bonchev–Trinajstić information content (AvgIpc) is 1.69. The van der Waals surface area contributed by atoms with E-state index in [0.29, 0.717) is 0 Å². The van der Waals surface area contributed by atoms with E-state index >= 15 is 0 Å². The van der Waals surface area contributed by atoms with Crippen LogP contribution in [-0.2, 0) is 7.58 Å². The van der Waals surface area contributed by atoms with Gasteiger partial charge in [-0.15, -0.1) is 0 Å². The Kier molecular flexibility index (Phi) is 6.87. The molecule has 2 nitrogen and oxygen atoms in total. The first-order valence-corrected chi connectivity index (χ1v) is 3.41. The van der Waals surface area contributed by atoms with Crippen LogP contribution >= 0.6 is 0 Å². The fourth-order valence-electron chi connectivity index (χ4n) is 0.184.